The summed E-state index contributed by atoms with van der Waals surface area (Å²) in [4.78, 5) is 51.8. The van der Waals surface area contributed by atoms with Crippen LogP contribution in [0.15, 0.2) is 101 Å². The second-order valence-electron chi connectivity index (χ2n) is 25.6. The highest BCUT2D eigenvalue weighted by molar-refractivity contribution is 9.11. The molecule has 9 aromatic rings. The summed E-state index contributed by atoms with van der Waals surface area (Å²) in [6.07, 6.45) is 6.66. The molecule has 17 rings (SSSR count). The Labute approximate surface area is 607 Å². The highest BCUT2D eigenvalue weighted by Gasteiger charge is 2.59. The molecule has 8 fully saturated rings. The minimum Gasteiger partial charge on any atom is -0.492 e. The number of ether oxygens (including phenoxy) is 8. The highest BCUT2D eigenvalue weighted by Crippen LogP contribution is 2.59. The van der Waals surface area contributed by atoms with Crippen LogP contribution in [0.1, 0.15) is 83.5 Å². The first-order valence-electron chi connectivity index (χ1n) is 33.4. The molecule has 13 heterocycles. The average Bonchev–Trinajstić information content (AvgIpc) is 1.59. The molecule has 0 spiro atoms. The summed E-state index contributed by atoms with van der Waals surface area (Å²) in [6.45, 7) is 14.0. The molecule has 0 aromatic carbocycles. The van der Waals surface area contributed by atoms with Gasteiger partial charge >= 0.3 is 18.3 Å². The number of rotatable bonds is 18. The van der Waals surface area contributed by atoms with E-state index in [1.807, 2.05) is 67.2 Å². The van der Waals surface area contributed by atoms with E-state index in [-0.39, 0.29) is 23.3 Å². The molecule has 26 nitrogen and oxygen atoms in total. The van der Waals surface area contributed by atoms with Gasteiger partial charge in [-0.1, -0.05) is 0 Å². The Balaban J connectivity index is 0.000000122. The van der Waals surface area contributed by atoms with Crippen molar-refractivity contribution in [3.05, 3.63) is 130 Å². The fourth-order valence-electron chi connectivity index (χ4n) is 13.7. The number of imidazole rings is 3. The first-order chi connectivity index (χ1) is 49.3. The van der Waals surface area contributed by atoms with Crippen LogP contribution in [0, 0.1) is 53.3 Å². The fourth-order valence-corrected chi connectivity index (χ4v) is 14.7. The predicted molar refractivity (Wildman–Crippen MR) is 369 cm³/mol. The molecule has 4 aliphatic carbocycles. The molecule has 8 unspecified atom stereocenters. The lowest BCUT2D eigenvalue weighted by Gasteiger charge is -2.11. The molecule has 552 valence electrons. The number of nitrogen functional groups attached to an aromatic ring is 2. The summed E-state index contributed by atoms with van der Waals surface area (Å²) in [5.41, 5.74) is 17.8. The molecule has 8 atom stereocenters. The van der Waals surface area contributed by atoms with Crippen LogP contribution in [0.5, 0.6) is 23.0 Å². The van der Waals surface area contributed by atoms with Crippen LogP contribution < -0.4 is 35.7 Å². The first-order valence-corrected chi connectivity index (χ1v) is 35.5. The molecular formula is C68H75Br2ClF6N14O12. The maximum atomic E-state index is 12.6. The number of halogens is 9. The van der Waals surface area contributed by atoms with Crippen LogP contribution in [-0.2, 0) is 36.8 Å². The topological polar surface area (TPSA) is 310 Å². The normalized spacial score (nSPS) is 24.0. The number of anilines is 3. The van der Waals surface area contributed by atoms with Gasteiger partial charge in [-0.3, -0.25) is 19.0 Å². The standard InChI is InChI=1S/C20H20F3N5O3.C14H15BrN2O2.C14H17N3O2.C7H9BrN2O.C7H9ClO2.C6H5F3N2O2/c1-2-31-16-5-17-24-15(18-11-8-30-9-12(11)18)7-27(17)6-14(16)25-19(29)13-3-4-28(26-13)10-20(21,22)23;2*1-2-19-12-3-13-16-11(5-17(13)4-10(12)15)14-8-6-18-7-9(8)14;1-2-11-6-3-7(9)10-4-5(6)8;8-1-6(9)7-4-2-10-3-5(4)7;7-6(8,9)3-11-2-1-4(10-11)5(12)13/h3-7,11-12,18H,2,8-10H2,1H3,(H,25,29);3-5,8-9,14H,2,6-7H2,1H3;3-5,8-9,14H,2,6-7,15H2,1H3;3-4H,2H2,1H3,(H2,9,10);4-5,7H,1-3H2;1-2H,3H2,(H,12,13). The van der Waals surface area contributed by atoms with E-state index in [4.69, 9.17) is 81.0 Å². The quantitative estimate of drug-likeness (QED) is 0.0458. The lowest BCUT2D eigenvalue weighted by molar-refractivity contribution is -0.143. The monoisotopic (exact) mass is 1590 g/mol. The Morgan fingerprint density at radius 3 is 1.41 bits per heavy atom. The van der Waals surface area contributed by atoms with E-state index in [0.717, 1.165) is 114 Å². The Bertz CT molecular complexity index is 4360. The maximum Gasteiger partial charge on any atom is 0.408 e. The number of nitrogens with one attached hydrogen (secondary N) is 1. The first kappa shape index (κ1) is 74.4. The fraction of sp³-hybridized carbons (Fsp3) is 0.485. The van der Waals surface area contributed by atoms with E-state index in [1.54, 1.807) is 24.5 Å². The van der Waals surface area contributed by atoms with Crippen LogP contribution in [0.3, 0.4) is 0 Å². The number of Topliss-reactive ketones (excluding diaryl/α,β-unsaturated/α-hetero) is 1. The number of fused-ring (bicyclic) bond motifs is 7. The number of aromatic carboxylic acids is 1. The van der Waals surface area contributed by atoms with Crippen LogP contribution in [0.4, 0.5) is 43.5 Å². The molecule has 103 heavy (non-hydrogen) atoms. The number of carbonyl (C=O) groups is 3. The summed E-state index contributed by atoms with van der Waals surface area (Å²) in [5, 5.41) is 17.9. The highest BCUT2D eigenvalue weighted by atomic mass is 79.9. The number of amides is 1. The molecular weight excluding hydrogens is 1510 g/mol. The largest absolute Gasteiger partial charge is 0.492 e. The number of nitrogens with two attached hydrogens (primary N) is 2. The minimum atomic E-state index is -4.42. The molecule has 8 aliphatic rings. The van der Waals surface area contributed by atoms with Gasteiger partial charge in [-0.05, 0) is 119 Å². The van der Waals surface area contributed by atoms with Crippen molar-refractivity contribution < 1.29 is 83.7 Å². The molecule has 6 N–H and O–H groups in total. The smallest absolute Gasteiger partial charge is 0.408 e. The lowest BCUT2D eigenvalue weighted by Crippen LogP contribution is -2.19. The van der Waals surface area contributed by atoms with E-state index >= 15 is 0 Å². The third-order valence-corrected chi connectivity index (χ3v) is 20.2. The van der Waals surface area contributed by atoms with Gasteiger partial charge in [-0.2, -0.15) is 36.5 Å². The number of alkyl halides is 7. The third-order valence-electron chi connectivity index (χ3n) is 18.7. The lowest BCUT2D eigenvalue weighted by atomic mass is 10.2. The zero-order valence-corrected chi connectivity index (χ0v) is 60.0. The SMILES string of the molecule is CCOc1cc(N)ncc1Br.CCOc1cc2nc(C3C4COCC43)cn2cc1Br.CCOc1cc2nc(C3C4COCC43)cn2cc1N.CCOc1cc2nc(C3C4COCC43)cn2cc1NC(=O)c1ccn(CC(F)(F)F)n1.O=C(CCl)C1C2COCC21.O=C(O)c1ccn(CC(F)(F)F)n1. The maximum absolute atomic E-state index is 12.6. The number of carbonyl (C=O) groups excluding carboxylic acids is 2. The van der Waals surface area contributed by atoms with E-state index in [9.17, 15) is 40.7 Å². The Morgan fingerprint density at radius 2 is 0.961 bits per heavy atom. The van der Waals surface area contributed by atoms with Crippen molar-refractivity contribution in [1.29, 1.82) is 0 Å². The van der Waals surface area contributed by atoms with Crippen molar-refractivity contribution in [2.24, 2.45) is 53.3 Å². The van der Waals surface area contributed by atoms with Crippen molar-refractivity contribution in [2.75, 3.05) is 102 Å². The van der Waals surface area contributed by atoms with Gasteiger partial charge in [0, 0.05) is 104 Å². The third kappa shape index (κ3) is 17.8. The predicted octanol–water partition coefficient (Wildman–Crippen LogP) is 11.3. The second kappa shape index (κ2) is 31.6. The Morgan fingerprint density at radius 1 is 0.563 bits per heavy atom. The van der Waals surface area contributed by atoms with E-state index in [1.165, 1.54) is 11.8 Å². The Kier molecular flexibility index (Phi) is 22.8. The number of aromatic nitrogens is 11. The van der Waals surface area contributed by atoms with Gasteiger partial charge in [0.25, 0.3) is 5.91 Å². The van der Waals surface area contributed by atoms with Crippen molar-refractivity contribution in [2.45, 2.75) is 70.9 Å². The molecule has 4 saturated heterocycles. The number of carboxylic acids is 1. The van der Waals surface area contributed by atoms with Crippen molar-refractivity contribution in [3.8, 4) is 23.0 Å². The average molecular weight is 1590 g/mol. The van der Waals surface area contributed by atoms with Gasteiger partial charge < -0.3 is 73.0 Å². The van der Waals surface area contributed by atoms with Crippen molar-refractivity contribution in [3.63, 3.8) is 0 Å². The zero-order valence-electron chi connectivity index (χ0n) is 56.1. The van der Waals surface area contributed by atoms with Crippen LogP contribution in [0.25, 0.3) is 16.9 Å². The van der Waals surface area contributed by atoms with E-state index < -0.39 is 43.0 Å². The van der Waals surface area contributed by atoms with Crippen molar-refractivity contribution >= 4 is 95.3 Å². The summed E-state index contributed by atoms with van der Waals surface area (Å²) in [7, 11) is 0. The van der Waals surface area contributed by atoms with Gasteiger partial charge in [0.2, 0.25) is 0 Å². The summed E-state index contributed by atoms with van der Waals surface area (Å²) in [6, 6.07) is 9.58. The summed E-state index contributed by atoms with van der Waals surface area (Å²) < 4.78 is 125. The van der Waals surface area contributed by atoms with Crippen LogP contribution in [-0.4, -0.2) is 173 Å². The van der Waals surface area contributed by atoms with Gasteiger partial charge in [-0.15, -0.1) is 11.6 Å². The van der Waals surface area contributed by atoms with E-state index in [0.29, 0.717) is 135 Å². The van der Waals surface area contributed by atoms with Gasteiger partial charge in [0.1, 0.15) is 64.5 Å². The van der Waals surface area contributed by atoms with E-state index in [2.05, 4.69) is 69.2 Å². The molecule has 0 radical (unpaired) electrons. The van der Waals surface area contributed by atoms with Crippen LogP contribution >= 0.6 is 43.5 Å². The number of carboxylic acid groups (broad SMARTS) is 1. The molecule has 1 amide bonds. The Hall–Kier alpha value is -8.28. The molecule has 0 bridgehead atoms. The van der Waals surface area contributed by atoms with Crippen molar-refractivity contribution in [1.82, 2.24) is 52.7 Å². The number of hydrogen-bond donors (Lipinski definition) is 4. The molecule has 9 aromatic heterocycles. The van der Waals surface area contributed by atoms with Crippen LogP contribution in [0.2, 0.25) is 0 Å². The number of pyridine rings is 4. The summed E-state index contributed by atoms with van der Waals surface area (Å²) >= 11 is 12.2. The summed E-state index contributed by atoms with van der Waals surface area (Å²) in [5.74, 6) is 8.24. The minimum absolute atomic E-state index is 0.121. The number of nitrogens with zero attached hydrogens (tertiary/aromatic N) is 11. The number of ketones is 1. The van der Waals surface area contributed by atoms with Gasteiger partial charge in [0.05, 0.1) is 117 Å². The van der Waals surface area contributed by atoms with Gasteiger partial charge in [0.15, 0.2) is 17.2 Å². The second-order valence-corrected chi connectivity index (χ2v) is 27.6. The molecule has 35 heteroatoms. The number of hydrogen-bond acceptors (Lipinski definition) is 19. The molecule has 4 saturated carbocycles. The molecule has 4 aliphatic heterocycles. The van der Waals surface area contributed by atoms with Gasteiger partial charge in [-0.25, -0.2) is 24.7 Å². The zero-order chi connectivity index (χ0) is 73.2.